The second kappa shape index (κ2) is 9.04. The maximum Gasteiger partial charge on any atom is 0.310 e. The number of rotatable bonds is 4. The number of amides is 2. The van der Waals surface area contributed by atoms with Crippen molar-refractivity contribution in [2.45, 2.75) is 19.8 Å². The van der Waals surface area contributed by atoms with Crippen molar-refractivity contribution in [2.24, 2.45) is 5.92 Å². The third kappa shape index (κ3) is 4.60. The van der Waals surface area contributed by atoms with Crippen LogP contribution in [0.4, 0.5) is 5.69 Å². The predicted molar refractivity (Wildman–Crippen MR) is 115 cm³/mol. The number of hydrogen-bond acceptors (Lipinski definition) is 5. The molecule has 1 unspecified atom stereocenters. The number of piperidine rings is 1. The van der Waals surface area contributed by atoms with Gasteiger partial charge >= 0.3 is 5.97 Å². The summed E-state index contributed by atoms with van der Waals surface area (Å²) < 4.78 is 10.8. The van der Waals surface area contributed by atoms with Crippen molar-refractivity contribution in [3.8, 4) is 5.75 Å². The van der Waals surface area contributed by atoms with Crippen LogP contribution in [0.2, 0.25) is 0 Å². The lowest BCUT2D eigenvalue weighted by atomic mass is 9.97. The van der Waals surface area contributed by atoms with Gasteiger partial charge in [-0.1, -0.05) is 24.3 Å². The van der Waals surface area contributed by atoms with E-state index in [0.717, 1.165) is 18.4 Å². The fraction of sp³-hybridized carbons (Fsp3) is 0.292. The van der Waals surface area contributed by atoms with E-state index >= 15 is 0 Å². The quantitative estimate of drug-likeness (QED) is 0.605. The van der Waals surface area contributed by atoms with Crippen molar-refractivity contribution in [3.63, 3.8) is 0 Å². The number of fused-ring (bicyclic) bond motifs is 1. The Labute approximate surface area is 180 Å². The summed E-state index contributed by atoms with van der Waals surface area (Å²) in [6, 6.07) is 14.2. The summed E-state index contributed by atoms with van der Waals surface area (Å²) in [5.74, 6) is -0.181. The van der Waals surface area contributed by atoms with Crippen LogP contribution in [-0.2, 0) is 14.3 Å². The highest BCUT2D eigenvalue weighted by Gasteiger charge is 2.29. The molecule has 2 heterocycles. The smallest absolute Gasteiger partial charge is 0.310 e. The predicted octanol–water partition coefficient (Wildman–Crippen LogP) is 3.47. The minimum Gasteiger partial charge on any atom is -0.466 e. The van der Waals surface area contributed by atoms with Crippen LogP contribution in [0.15, 0.2) is 54.3 Å². The molecular formula is C24H24N2O5. The number of anilines is 1. The van der Waals surface area contributed by atoms with Gasteiger partial charge in [0.2, 0.25) is 0 Å². The van der Waals surface area contributed by atoms with E-state index < -0.39 is 0 Å². The summed E-state index contributed by atoms with van der Waals surface area (Å²) >= 11 is 0. The minimum absolute atomic E-state index is 0.117. The molecule has 0 spiro atoms. The number of hydrogen-bond donors (Lipinski definition) is 1. The minimum atomic E-state index is -0.322. The van der Waals surface area contributed by atoms with E-state index in [-0.39, 0.29) is 29.5 Å². The topological polar surface area (TPSA) is 84.9 Å². The summed E-state index contributed by atoms with van der Waals surface area (Å²) in [6.45, 7) is 3.11. The zero-order valence-corrected chi connectivity index (χ0v) is 17.3. The van der Waals surface area contributed by atoms with Gasteiger partial charge in [0.05, 0.1) is 18.2 Å². The summed E-state index contributed by atoms with van der Waals surface area (Å²) in [6.07, 6.45) is 3.14. The van der Waals surface area contributed by atoms with E-state index in [9.17, 15) is 14.4 Å². The molecule has 1 saturated heterocycles. The lowest BCUT2D eigenvalue weighted by molar-refractivity contribution is -0.149. The molecule has 0 bridgehead atoms. The number of benzene rings is 2. The van der Waals surface area contributed by atoms with Gasteiger partial charge in [-0.05, 0) is 55.7 Å². The van der Waals surface area contributed by atoms with Crippen LogP contribution in [0, 0.1) is 5.92 Å². The summed E-state index contributed by atoms with van der Waals surface area (Å²) in [5.41, 5.74) is 1.91. The van der Waals surface area contributed by atoms with Crippen LogP contribution < -0.4 is 10.1 Å². The molecule has 1 N–H and O–H groups in total. The molecule has 0 radical (unpaired) electrons. The maximum absolute atomic E-state index is 12.9. The monoisotopic (exact) mass is 420 g/mol. The average molecular weight is 420 g/mol. The first-order valence-corrected chi connectivity index (χ1v) is 10.4. The zero-order valence-electron chi connectivity index (χ0n) is 17.3. The molecule has 160 valence electrons. The molecule has 2 aromatic rings. The molecule has 4 rings (SSSR count). The van der Waals surface area contributed by atoms with Gasteiger partial charge in [-0.2, -0.15) is 0 Å². The Balaban J connectivity index is 1.45. The number of ether oxygens (including phenoxy) is 2. The molecular weight excluding hydrogens is 396 g/mol. The number of nitrogens with one attached hydrogen (secondary N) is 1. The van der Waals surface area contributed by atoms with Gasteiger partial charge in [0.15, 0.2) is 11.5 Å². The largest absolute Gasteiger partial charge is 0.466 e. The van der Waals surface area contributed by atoms with Crippen LogP contribution in [0.1, 0.15) is 35.7 Å². The van der Waals surface area contributed by atoms with Crippen LogP contribution in [0.5, 0.6) is 5.75 Å². The van der Waals surface area contributed by atoms with Gasteiger partial charge in [-0.15, -0.1) is 0 Å². The number of likely N-dealkylation sites (tertiary alicyclic amines) is 1. The van der Waals surface area contributed by atoms with Crippen LogP contribution in [0.25, 0.3) is 6.08 Å². The van der Waals surface area contributed by atoms with Gasteiger partial charge < -0.3 is 19.7 Å². The Bertz CT molecular complexity index is 1030. The van der Waals surface area contributed by atoms with Gasteiger partial charge in [-0.25, -0.2) is 0 Å². The number of para-hydroxylation sites is 2. The molecule has 2 aliphatic rings. The van der Waals surface area contributed by atoms with Crippen LogP contribution in [-0.4, -0.2) is 42.4 Å². The highest BCUT2D eigenvalue weighted by atomic mass is 16.5. The molecule has 7 nitrogen and oxygen atoms in total. The molecule has 0 saturated carbocycles. The Hall–Kier alpha value is -3.61. The normalized spacial score (nSPS) is 19.3. The van der Waals surface area contributed by atoms with Gasteiger partial charge in [0.25, 0.3) is 11.8 Å². The van der Waals surface area contributed by atoms with E-state index in [4.69, 9.17) is 9.47 Å². The van der Waals surface area contributed by atoms with E-state index in [1.165, 1.54) is 0 Å². The van der Waals surface area contributed by atoms with Gasteiger partial charge in [0, 0.05) is 18.7 Å². The third-order valence-corrected chi connectivity index (χ3v) is 5.36. The van der Waals surface area contributed by atoms with Crippen molar-refractivity contribution < 1.29 is 23.9 Å². The molecule has 2 amide bonds. The molecule has 0 aromatic heterocycles. The number of carbonyl (C=O) groups is 3. The van der Waals surface area contributed by atoms with Crippen LogP contribution >= 0.6 is 0 Å². The molecule has 7 heteroatoms. The molecule has 2 aliphatic heterocycles. The number of esters is 1. The Morgan fingerprint density at radius 2 is 1.97 bits per heavy atom. The van der Waals surface area contributed by atoms with Crippen molar-refractivity contribution >= 4 is 29.5 Å². The van der Waals surface area contributed by atoms with Crippen molar-refractivity contribution in [1.82, 2.24) is 4.90 Å². The fourth-order valence-electron chi connectivity index (χ4n) is 3.77. The first kappa shape index (κ1) is 20.7. The van der Waals surface area contributed by atoms with Crippen molar-refractivity contribution in [3.05, 3.63) is 65.4 Å². The Morgan fingerprint density at radius 1 is 1.19 bits per heavy atom. The lowest BCUT2D eigenvalue weighted by Crippen LogP contribution is -2.42. The van der Waals surface area contributed by atoms with Crippen molar-refractivity contribution in [1.29, 1.82) is 0 Å². The van der Waals surface area contributed by atoms with Crippen molar-refractivity contribution in [2.75, 3.05) is 25.0 Å². The first-order valence-electron chi connectivity index (χ1n) is 10.4. The summed E-state index contributed by atoms with van der Waals surface area (Å²) in [4.78, 5) is 38.9. The SMILES string of the molecule is CCOC(=O)C1CCCN(C(=O)c2ccc(C=C3Oc4ccccc4NC3=O)cc2)C1. The summed E-state index contributed by atoms with van der Waals surface area (Å²) in [7, 11) is 0. The molecule has 1 atom stereocenters. The standard InChI is InChI=1S/C24H24N2O5/c1-2-30-24(29)18-6-5-13-26(15-18)23(28)17-11-9-16(10-12-17)14-21-22(27)25-19-7-3-4-8-20(19)31-21/h3-4,7-12,14,18H,2,5-6,13,15H2,1H3,(H,25,27). The van der Waals surface area contributed by atoms with E-state index in [1.807, 2.05) is 12.1 Å². The fourth-order valence-corrected chi connectivity index (χ4v) is 3.77. The highest BCUT2D eigenvalue weighted by Crippen LogP contribution is 2.30. The first-order chi connectivity index (χ1) is 15.0. The molecule has 0 aliphatic carbocycles. The highest BCUT2D eigenvalue weighted by molar-refractivity contribution is 6.08. The van der Waals surface area contributed by atoms with E-state index in [0.29, 0.717) is 36.7 Å². The molecule has 2 aromatic carbocycles. The second-order valence-corrected chi connectivity index (χ2v) is 7.53. The second-order valence-electron chi connectivity index (χ2n) is 7.53. The van der Waals surface area contributed by atoms with Gasteiger partial charge in [-0.3, -0.25) is 14.4 Å². The van der Waals surface area contributed by atoms with E-state index in [1.54, 1.807) is 54.3 Å². The molecule has 31 heavy (non-hydrogen) atoms. The van der Waals surface area contributed by atoms with E-state index in [2.05, 4.69) is 5.32 Å². The molecule has 1 fully saturated rings. The Morgan fingerprint density at radius 3 is 2.74 bits per heavy atom. The van der Waals surface area contributed by atoms with Crippen LogP contribution in [0.3, 0.4) is 0 Å². The average Bonchev–Trinajstić information content (AvgIpc) is 2.80. The third-order valence-electron chi connectivity index (χ3n) is 5.36. The summed E-state index contributed by atoms with van der Waals surface area (Å²) in [5, 5.41) is 2.79. The maximum atomic E-state index is 12.9. The lowest BCUT2D eigenvalue weighted by Gasteiger charge is -2.31. The van der Waals surface area contributed by atoms with Gasteiger partial charge in [0.1, 0.15) is 0 Å². The zero-order chi connectivity index (χ0) is 21.8. The number of nitrogens with zero attached hydrogens (tertiary/aromatic N) is 1. The number of carbonyl (C=O) groups excluding carboxylic acids is 3. The Kier molecular flexibility index (Phi) is 6.02.